The van der Waals surface area contributed by atoms with Crippen LogP contribution in [-0.4, -0.2) is 15.7 Å². The summed E-state index contributed by atoms with van der Waals surface area (Å²) < 4.78 is 13.1. The Morgan fingerprint density at radius 2 is 1.79 bits per heavy atom. The van der Waals surface area contributed by atoms with Crippen LogP contribution in [0.4, 0.5) is 5.69 Å². The van der Waals surface area contributed by atoms with Gasteiger partial charge in [-0.25, -0.2) is 4.68 Å². The van der Waals surface area contributed by atoms with Gasteiger partial charge in [0.05, 0.1) is 18.1 Å². The standard InChI is InChI=1S/C27H26ClN3O3/c1-19(2)21-9-11-25(12-10-21)33-17-20-5-3-6-22(13-20)27(32)30-24-15-29-31(16-24)18-34-26-8-4-7-23(28)14-26/h3-16,19H,17-18H2,1-2H3,(H,30,32). The molecule has 0 saturated carbocycles. The van der Waals surface area contributed by atoms with E-state index in [-0.39, 0.29) is 12.6 Å². The van der Waals surface area contributed by atoms with Crippen molar-refractivity contribution < 1.29 is 14.3 Å². The molecule has 7 heteroatoms. The maximum atomic E-state index is 12.7. The third kappa shape index (κ3) is 6.39. The van der Waals surface area contributed by atoms with E-state index >= 15 is 0 Å². The summed E-state index contributed by atoms with van der Waals surface area (Å²) >= 11 is 5.97. The highest BCUT2D eigenvalue weighted by molar-refractivity contribution is 6.30. The smallest absolute Gasteiger partial charge is 0.255 e. The van der Waals surface area contributed by atoms with Crippen molar-refractivity contribution in [2.75, 3.05) is 5.32 Å². The highest BCUT2D eigenvalue weighted by Crippen LogP contribution is 2.20. The number of anilines is 1. The van der Waals surface area contributed by atoms with Gasteiger partial charge in [0.15, 0.2) is 6.73 Å². The van der Waals surface area contributed by atoms with Gasteiger partial charge in [-0.15, -0.1) is 0 Å². The van der Waals surface area contributed by atoms with E-state index in [1.54, 1.807) is 35.3 Å². The fourth-order valence-corrected chi connectivity index (χ4v) is 3.50. The summed E-state index contributed by atoms with van der Waals surface area (Å²) in [5, 5.41) is 7.69. The Labute approximate surface area is 204 Å². The number of hydrogen-bond acceptors (Lipinski definition) is 4. The number of amides is 1. The first-order valence-electron chi connectivity index (χ1n) is 11.0. The highest BCUT2D eigenvalue weighted by Gasteiger charge is 2.09. The summed E-state index contributed by atoms with van der Waals surface area (Å²) in [6.45, 7) is 4.89. The molecule has 1 aromatic heterocycles. The number of hydrogen-bond donors (Lipinski definition) is 1. The lowest BCUT2D eigenvalue weighted by Gasteiger charge is -2.10. The summed E-state index contributed by atoms with van der Waals surface area (Å²) in [6.07, 6.45) is 3.28. The number of carbonyl (C=O) groups excluding carboxylic acids is 1. The first-order chi connectivity index (χ1) is 16.5. The zero-order chi connectivity index (χ0) is 23.9. The summed E-state index contributed by atoms with van der Waals surface area (Å²) in [5.74, 6) is 1.69. The first kappa shape index (κ1) is 23.4. The molecule has 34 heavy (non-hydrogen) atoms. The fourth-order valence-electron chi connectivity index (χ4n) is 3.32. The van der Waals surface area contributed by atoms with Crippen molar-refractivity contribution in [3.8, 4) is 11.5 Å². The van der Waals surface area contributed by atoms with Gasteiger partial charge in [0.1, 0.15) is 18.1 Å². The van der Waals surface area contributed by atoms with Gasteiger partial charge in [0, 0.05) is 10.6 Å². The third-order valence-corrected chi connectivity index (χ3v) is 5.43. The van der Waals surface area contributed by atoms with Gasteiger partial charge < -0.3 is 14.8 Å². The van der Waals surface area contributed by atoms with E-state index in [1.165, 1.54) is 5.56 Å². The van der Waals surface area contributed by atoms with Crippen LogP contribution in [0.25, 0.3) is 0 Å². The lowest BCUT2D eigenvalue weighted by Crippen LogP contribution is -2.12. The van der Waals surface area contributed by atoms with E-state index in [9.17, 15) is 4.79 Å². The van der Waals surface area contributed by atoms with Crippen molar-refractivity contribution in [1.29, 1.82) is 0 Å². The van der Waals surface area contributed by atoms with Crippen molar-refractivity contribution in [1.82, 2.24) is 9.78 Å². The number of carbonyl (C=O) groups is 1. The Bertz CT molecular complexity index is 1250. The van der Waals surface area contributed by atoms with Gasteiger partial charge in [-0.3, -0.25) is 4.79 Å². The van der Waals surface area contributed by atoms with Crippen LogP contribution in [0.15, 0.2) is 85.2 Å². The van der Waals surface area contributed by atoms with Crippen LogP contribution < -0.4 is 14.8 Å². The molecule has 1 N–H and O–H groups in total. The van der Waals surface area contributed by atoms with Crippen molar-refractivity contribution in [2.45, 2.75) is 33.1 Å². The molecule has 4 rings (SSSR count). The highest BCUT2D eigenvalue weighted by atomic mass is 35.5. The zero-order valence-electron chi connectivity index (χ0n) is 19.1. The monoisotopic (exact) mass is 475 g/mol. The summed E-state index contributed by atoms with van der Waals surface area (Å²) in [4.78, 5) is 12.7. The third-order valence-electron chi connectivity index (χ3n) is 5.19. The largest absolute Gasteiger partial charge is 0.489 e. The molecule has 0 spiro atoms. The molecule has 0 bridgehead atoms. The average Bonchev–Trinajstić information content (AvgIpc) is 3.29. The number of ether oxygens (including phenoxy) is 2. The molecule has 0 unspecified atom stereocenters. The fraction of sp³-hybridized carbons (Fsp3) is 0.185. The topological polar surface area (TPSA) is 65.4 Å². The maximum Gasteiger partial charge on any atom is 0.255 e. The molecule has 0 fully saturated rings. The Hall–Kier alpha value is -3.77. The lowest BCUT2D eigenvalue weighted by atomic mass is 10.0. The second kappa shape index (κ2) is 10.9. The van der Waals surface area contributed by atoms with Crippen LogP contribution in [0, 0.1) is 0 Å². The molecule has 1 heterocycles. The molecule has 0 aliphatic carbocycles. The van der Waals surface area contributed by atoms with Crippen LogP contribution in [0.5, 0.6) is 11.5 Å². The maximum absolute atomic E-state index is 12.7. The minimum absolute atomic E-state index is 0.196. The van der Waals surface area contributed by atoms with Crippen LogP contribution in [0.3, 0.4) is 0 Å². The summed E-state index contributed by atoms with van der Waals surface area (Å²) in [5.41, 5.74) is 3.29. The van der Waals surface area contributed by atoms with Crippen molar-refractivity contribution >= 4 is 23.2 Å². The van der Waals surface area contributed by atoms with E-state index in [4.69, 9.17) is 21.1 Å². The van der Waals surface area contributed by atoms with E-state index in [0.717, 1.165) is 11.3 Å². The van der Waals surface area contributed by atoms with Crippen LogP contribution in [0.2, 0.25) is 5.02 Å². The average molecular weight is 476 g/mol. The van der Waals surface area contributed by atoms with Gasteiger partial charge in [-0.05, 0) is 59.5 Å². The second-order valence-corrected chi connectivity index (χ2v) is 8.60. The molecule has 0 saturated heterocycles. The van der Waals surface area contributed by atoms with Gasteiger partial charge >= 0.3 is 0 Å². The quantitative estimate of drug-likeness (QED) is 0.299. The van der Waals surface area contributed by atoms with Gasteiger partial charge in [0.2, 0.25) is 0 Å². The Kier molecular flexibility index (Phi) is 7.50. The lowest BCUT2D eigenvalue weighted by molar-refractivity contribution is 0.102. The predicted molar refractivity (Wildman–Crippen MR) is 134 cm³/mol. The number of halogens is 1. The normalized spacial score (nSPS) is 10.8. The molecule has 0 radical (unpaired) electrons. The Balaban J connectivity index is 1.31. The Morgan fingerprint density at radius 3 is 2.56 bits per heavy atom. The number of nitrogens with zero attached hydrogens (tertiary/aromatic N) is 2. The molecule has 4 aromatic rings. The molecular weight excluding hydrogens is 450 g/mol. The number of benzene rings is 3. The van der Waals surface area contributed by atoms with Gasteiger partial charge in [0.25, 0.3) is 5.91 Å². The Morgan fingerprint density at radius 1 is 1.00 bits per heavy atom. The first-order valence-corrected chi connectivity index (χ1v) is 11.4. The van der Waals surface area contributed by atoms with Crippen LogP contribution >= 0.6 is 11.6 Å². The van der Waals surface area contributed by atoms with Crippen LogP contribution in [0.1, 0.15) is 41.3 Å². The van der Waals surface area contributed by atoms with E-state index in [0.29, 0.717) is 34.5 Å². The molecule has 3 aromatic carbocycles. The predicted octanol–water partition coefficient (Wildman–Crippen LogP) is 6.53. The molecule has 0 aliphatic rings. The van der Waals surface area contributed by atoms with Gasteiger partial charge in [-0.1, -0.05) is 55.8 Å². The molecule has 174 valence electrons. The minimum Gasteiger partial charge on any atom is -0.489 e. The molecule has 0 aliphatic heterocycles. The van der Waals surface area contributed by atoms with E-state index in [2.05, 4.69) is 36.4 Å². The van der Waals surface area contributed by atoms with Gasteiger partial charge in [-0.2, -0.15) is 5.10 Å². The van der Waals surface area contributed by atoms with Crippen molar-refractivity contribution in [3.05, 3.63) is 107 Å². The minimum atomic E-state index is -0.224. The number of nitrogens with one attached hydrogen (secondary N) is 1. The molecular formula is C27H26ClN3O3. The second-order valence-electron chi connectivity index (χ2n) is 8.17. The van der Waals surface area contributed by atoms with E-state index in [1.807, 2.05) is 42.5 Å². The summed E-state index contributed by atoms with van der Waals surface area (Å²) in [7, 11) is 0. The number of aromatic nitrogens is 2. The van der Waals surface area contributed by atoms with E-state index < -0.39 is 0 Å². The molecule has 6 nitrogen and oxygen atoms in total. The number of rotatable bonds is 9. The molecule has 1 amide bonds. The SMILES string of the molecule is CC(C)c1ccc(OCc2cccc(C(=O)Nc3cnn(COc4cccc(Cl)c4)c3)c2)cc1. The van der Waals surface area contributed by atoms with Crippen molar-refractivity contribution in [2.24, 2.45) is 0 Å². The zero-order valence-corrected chi connectivity index (χ0v) is 19.8. The summed E-state index contributed by atoms with van der Waals surface area (Å²) in [6, 6.07) is 22.6. The molecule has 0 atom stereocenters. The van der Waals surface area contributed by atoms with Crippen molar-refractivity contribution in [3.63, 3.8) is 0 Å². The van der Waals surface area contributed by atoms with Crippen LogP contribution in [-0.2, 0) is 13.3 Å².